The van der Waals surface area contributed by atoms with Gasteiger partial charge in [0.25, 0.3) is 0 Å². The normalized spacial score (nSPS) is 24.7. The molecule has 82 valence electrons. The van der Waals surface area contributed by atoms with E-state index in [-0.39, 0.29) is 6.10 Å². The average Bonchev–Trinajstić information content (AvgIpc) is 2.29. The second-order valence-electron chi connectivity index (χ2n) is 3.82. The number of rotatable bonds is 2. The van der Waals surface area contributed by atoms with E-state index in [1.54, 1.807) is 14.2 Å². The highest BCUT2D eigenvalue weighted by atomic mass is 16.5. The van der Waals surface area contributed by atoms with Gasteiger partial charge in [0, 0.05) is 25.3 Å². The van der Waals surface area contributed by atoms with Crippen LogP contribution in [-0.4, -0.2) is 20.8 Å². The largest absolute Gasteiger partial charge is 0.496 e. The Morgan fingerprint density at radius 3 is 2.80 bits per heavy atom. The number of benzene rings is 1. The van der Waals surface area contributed by atoms with Crippen molar-refractivity contribution >= 4 is 0 Å². The third kappa shape index (κ3) is 1.73. The third-order valence-corrected chi connectivity index (χ3v) is 3.00. The average molecular weight is 207 g/mol. The lowest BCUT2D eigenvalue weighted by Crippen LogP contribution is -2.32. The molecule has 0 aliphatic carbocycles. The first-order chi connectivity index (χ1) is 7.27. The van der Waals surface area contributed by atoms with Crippen LogP contribution in [0.25, 0.3) is 0 Å². The standard InChI is InChI=1S/C12H17NO2/c1-8-9-5-4-6-10(14-2)12(9)11(15-3)7-13-8/h4-6,8,11,13H,7H2,1-3H3. The fraction of sp³-hybridized carbons (Fsp3) is 0.500. The summed E-state index contributed by atoms with van der Waals surface area (Å²) in [7, 11) is 3.44. The lowest BCUT2D eigenvalue weighted by Gasteiger charge is -2.31. The zero-order valence-corrected chi connectivity index (χ0v) is 9.41. The van der Waals surface area contributed by atoms with Gasteiger partial charge in [0.1, 0.15) is 5.75 Å². The maximum absolute atomic E-state index is 5.47. The molecule has 2 atom stereocenters. The Balaban J connectivity index is 2.51. The van der Waals surface area contributed by atoms with Crippen LogP contribution in [0.1, 0.15) is 30.2 Å². The van der Waals surface area contributed by atoms with E-state index in [2.05, 4.69) is 18.3 Å². The molecule has 3 nitrogen and oxygen atoms in total. The van der Waals surface area contributed by atoms with Crippen LogP contribution in [0, 0.1) is 0 Å². The molecule has 3 heteroatoms. The quantitative estimate of drug-likeness (QED) is 0.805. The zero-order chi connectivity index (χ0) is 10.8. The number of nitrogens with one attached hydrogen (secondary N) is 1. The molecular weight excluding hydrogens is 190 g/mol. The summed E-state index contributed by atoms with van der Waals surface area (Å²) in [5, 5.41) is 3.41. The Labute approximate surface area is 90.4 Å². The molecule has 0 fully saturated rings. The van der Waals surface area contributed by atoms with Crippen LogP contribution in [0.15, 0.2) is 18.2 Å². The highest BCUT2D eigenvalue weighted by Crippen LogP contribution is 2.36. The molecule has 1 N–H and O–H groups in total. The molecule has 0 saturated heterocycles. The van der Waals surface area contributed by atoms with Gasteiger partial charge in [-0.05, 0) is 18.6 Å². The molecule has 0 aromatic heterocycles. The van der Waals surface area contributed by atoms with Gasteiger partial charge >= 0.3 is 0 Å². The number of fused-ring (bicyclic) bond motifs is 1. The second-order valence-corrected chi connectivity index (χ2v) is 3.82. The molecule has 1 aromatic rings. The van der Waals surface area contributed by atoms with Crippen LogP contribution in [-0.2, 0) is 4.74 Å². The van der Waals surface area contributed by atoms with Crippen molar-refractivity contribution in [1.82, 2.24) is 5.32 Å². The lowest BCUT2D eigenvalue weighted by atomic mass is 9.92. The van der Waals surface area contributed by atoms with E-state index >= 15 is 0 Å². The minimum Gasteiger partial charge on any atom is -0.496 e. The second kappa shape index (κ2) is 4.21. The van der Waals surface area contributed by atoms with Crippen LogP contribution in [0.2, 0.25) is 0 Å². The van der Waals surface area contributed by atoms with Crippen molar-refractivity contribution < 1.29 is 9.47 Å². The van der Waals surface area contributed by atoms with Crippen molar-refractivity contribution in [3.05, 3.63) is 29.3 Å². The first kappa shape index (κ1) is 10.5. The summed E-state index contributed by atoms with van der Waals surface area (Å²) in [5.41, 5.74) is 2.46. The van der Waals surface area contributed by atoms with E-state index in [0.717, 1.165) is 12.3 Å². The van der Waals surface area contributed by atoms with Crippen molar-refractivity contribution in [2.45, 2.75) is 19.1 Å². The van der Waals surface area contributed by atoms with Gasteiger partial charge in [-0.15, -0.1) is 0 Å². The maximum Gasteiger partial charge on any atom is 0.125 e. The molecule has 0 radical (unpaired) electrons. The van der Waals surface area contributed by atoms with Crippen LogP contribution in [0.5, 0.6) is 5.75 Å². The van der Waals surface area contributed by atoms with Crippen molar-refractivity contribution in [3.63, 3.8) is 0 Å². The van der Waals surface area contributed by atoms with E-state index in [0.29, 0.717) is 6.04 Å². The molecule has 2 rings (SSSR count). The van der Waals surface area contributed by atoms with Gasteiger partial charge in [-0.25, -0.2) is 0 Å². The van der Waals surface area contributed by atoms with E-state index in [1.807, 2.05) is 12.1 Å². The summed E-state index contributed by atoms with van der Waals surface area (Å²) in [6.07, 6.45) is 0.0901. The fourth-order valence-corrected chi connectivity index (χ4v) is 2.16. The maximum atomic E-state index is 5.47. The molecular formula is C12H17NO2. The number of hydrogen-bond acceptors (Lipinski definition) is 3. The summed E-state index contributed by atoms with van der Waals surface area (Å²) < 4.78 is 10.9. The minimum atomic E-state index is 0.0901. The zero-order valence-electron chi connectivity index (χ0n) is 9.41. The van der Waals surface area contributed by atoms with Crippen LogP contribution in [0.3, 0.4) is 0 Å². The molecule has 1 aromatic carbocycles. The first-order valence-corrected chi connectivity index (χ1v) is 5.21. The molecule has 0 amide bonds. The summed E-state index contributed by atoms with van der Waals surface area (Å²) in [4.78, 5) is 0. The fourth-order valence-electron chi connectivity index (χ4n) is 2.16. The summed E-state index contributed by atoms with van der Waals surface area (Å²) in [6.45, 7) is 3.00. The van der Waals surface area contributed by atoms with E-state index in [4.69, 9.17) is 9.47 Å². The van der Waals surface area contributed by atoms with Gasteiger partial charge in [-0.2, -0.15) is 0 Å². The van der Waals surface area contributed by atoms with Crippen molar-refractivity contribution in [2.75, 3.05) is 20.8 Å². The predicted octanol–water partition coefficient (Wildman–Crippen LogP) is 2.05. The summed E-state index contributed by atoms with van der Waals surface area (Å²) in [6, 6.07) is 6.50. The molecule has 1 aliphatic rings. The number of methoxy groups -OCH3 is 2. The van der Waals surface area contributed by atoms with Gasteiger partial charge in [-0.1, -0.05) is 12.1 Å². The molecule has 15 heavy (non-hydrogen) atoms. The van der Waals surface area contributed by atoms with E-state index in [1.165, 1.54) is 11.1 Å². The highest BCUT2D eigenvalue weighted by Gasteiger charge is 2.26. The SMILES string of the molecule is COc1cccc2c1C(OC)CNC2C. The Morgan fingerprint density at radius 1 is 1.33 bits per heavy atom. The van der Waals surface area contributed by atoms with Gasteiger partial charge in [0.2, 0.25) is 0 Å². The Bertz CT molecular complexity index is 351. The summed E-state index contributed by atoms with van der Waals surface area (Å²) >= 11 is 0. The van der Waals surface area contributed by atoms with Gasteiger partial charge in [0.05, 0.1) is 13.2 Å². The molecule has 2 unspecified atom stereocenters. The topological polar surface area (TPSA) is 30.5 Å². The molecule has 1 aliphatic heterocycles. The van der Waals surface area contributed by atoms with Gasteiger partial charge < -0.3 is 14.8 Å². The van der Waals surface area contributed by atoms with Gasteiger partial charge in [-0.3, -0.25) is 0 Å². The van der Waals surface area contributed by atoms with E-state index in [9.17, 15) is 0 Å². The van der Waals surface area contributed by atoms with Crippen molar-refractivity contribution in [2.24, 2.45) is 0 Å². The Morgan fingerprint density at radius 2 is 2.13 bits per heavy atom. The number of hydrogen-bond donors (Lipinski definition) is 1. The smallest absolute Gasteiger partial charge is 0.125 e. The van der Waals surface area contributed by atoms with Crippen LogP contribution >= 0.6 is 0 Å². The van der Waals surface area contributed by atoms with Crippen molar-refractivity contribution in [3.8, 4) is 5.75 Å². The predicted molar refractivity (Wildman–Crippen MR) is 59.2 cm³/mol. The first-order valence-electron chi connectivity index (χ1n) is 5.21. The van der Waals surface area contributed by atoms with Crippen LogP contribution in [0.4, 0.5) is 0 Å². The monoisotopic (exact) mass is 207 g/mol. The summed E-state index contributed by atoms with van der Waals surface area (Å²) in [5.74, 6) is 0.924. The Kier molecular flexibility index (Phi) is 2.93. The van der Waals surface area contributed by atoms with Crippen LogP contribution < -0.4 is 10.1 Å². The molecule has 0 saturated carbocycles. The van der Waals surface area contributed by atoms with E-state index < -0.39 is 0 Å². The third-order valence-electron chi connectivity index (χ3n) is 3.00. The molecule has 0 bridgehead atoms. The molecule has 0 spiro atoms. The van der Waals surface area contributed by atoms with Gasteiger partial charge in [0.15, 0.2) is 0 Å². The molecule has 1 heterocycles. The number of ether oxygens (including phenoxy) is 2. The Hall–Kier alpha value is -1.06. The lowest BCUT2D eigenvalue weighted by molar-refractivity contribution is 0.0891. The van der Waals surface area contributed by atoms with Crippen molar-refractivity contribution in [1.29, 1.82) is 0 Å². The minimum absolute atomic E-state index is 0.0901. The highest BCUT2D eigenvalue weighted by molar-refractivity contribution is 5.45.